The van der Waals surface area contributed by atoms with Crippen LogP contribution in [-0.2, 0) is 22.7 Å². The second-order valence-corrected chi connectivity index (χ2v) is 9.63. The minimum absolute atomic E-state index is 0.0705. The van der Waals surface area contributed by atoms with E-state index in [4.69, 9.17) is 21.1 Å². The maximum Gasteiger partial charge on any atom is 0.341 e. The van der Waals surface area contributed by atoms with E-state index >= 15 is 0 Å². The Morgan fingerprint density at radius 1 is 1.26 bits per heavy atom. The van der Waals surface area contributed by atoms with Gasteiger partial charge in [0, 0.05) is 11.4 Å². The normalized spacial score (nSPS) is 10.9. The number of rotatable bonds is 10. The number of anilines is 1. The zero-order valence-corrected chi connectivity index (χ0v) is 21.5. The predicted molar refractivity (Wildman–Crippen MR) is 131 cm³/mol. The molecule has 3 aromatic rings. The van der Waals surface area contributed by atoms with Crippen LogP contribution in [0.5, 0.6) is 5.75 Å². The molecule has 0 radical (unpaired) electrons. The van der Waals surface area contributed by atoms with Crippen molar-refractivity contribution in [3.63, 3.8) is 0 Å². The molecular weight excluding hydrogens is 503 g/mol. The van der Waals surface area contributed by atoms with Crippen LogP contribution in [0.3, 0.4) is 0 Å². The lowest BCUT2D eigenvalue weighted by molar-refractivity contribution is -0.113. The summed E-state index contributed by atoms with van der Waals surface area (Å²) in [5.74, 6) is -0.238. The van der Waals surface area contributed by atoms with Gasteiger partial charge in [0.15, 0.2) is 11.0 Å². The van der Waals surface area contributed by atoms with Gasteiger partial charge in [-0.15, -0.1) is 21.5 Å². The predicted octanol–water partition coefficient (Wildman–Crippen LogP) is 5.26. The third-order valence-electron chi connectivity index (χ3n) is 4.81. The molecule has 2 aromatic heterocycles. The summed E-state index contributed by atoms with van der Waals surface area (Å²) in [6, 6.07) is 3.88. The minimum atomic E-state index is -0.455. The first-order valence-electron chi connectivity index (χ1n) is 10.4. The van der Waals surface area contributed by atoms with Crippen LogP contribution in [0.25, 0.3) is 0 Å². The molecule has 1 N–H and O–H groups in total. The molecule has 0 fully saturated rings. The Kier molecular flexibility index (Phi) is 8.92. The summed E-state index contributed by atoms with van der Waals surface area (Å²) < 4.78 is 25.8. The zero-order chi connectivity index (χ0) is 24.8. The van der Waals surface area contributed by atoms with E-state index in [1.54, 1.807) is 6.92 Å². The Morgan fingerprint density at radius 2 is 2.03 bits per heavy atom. The van der Waals surface area contributed by atoms with Gasteiger partial charge in [0.2, 0.25) is 5.91 Å². The van der Waals surface area contributed by atoms with Gasteiger partial charge in [0.25, 0.3) is 0 Å². The maximum absolute atomic E-state index is 13.2. The third kappa shape index (κ3) is 6.08. The van der Waals surface area contributed by atoms with Crippen molar-refractivity contribution >= 4 is 51.6 Å². The number of halogens is 2. The number of carbonyl (C=O) groups excluding carboxylic acids is 2. The van der Waals surface area contributed by atoms with Crippen LogP contribution in [0, 0.1) is 19.7 Å². The number of benzene rings is 1. The molecule has 182 valence electrons. The van der Waals surface area contributed by atoms with Crippen molar-refractivity contribution < 1.29 is 23.5 Å². The molecule has 8 nitrogen and oxygen atoms in total. The number of nitrogens with zero attached hydrogens (tertiary/aromatic N) is 3. The Labute approximate surface area is 209 Å². The first kappa shape index (κ1) is 26.0. The standard InChI is InChI=1S/C22H24ClFN4O4S2/c1-5-28-17(10-32-16-8-7-14(24)9-15(16)23)26-27-22(28)33-11-18(29)25-20-19(21(30)31-6-2)12(3)13(4)34-20/h7-9H,5-6,10-11H2,1-4H3,(H,25,29). The second kappa shape index (κ2) is 11.7. The number of nitrogens with one attached hydrogen (secondary N) is 1. The summed E-state index contributed by atoms with van der Waals surface area (Å²) in [6.07, 6.45) is 0. The zero-order valence-electron chi connectivity index (χ0n) is 19.1. The first-order chi connectivity index (χ1) is 16.2. The van der Waals surface area contributed by atoms with Gasteiger partial charge < -0.3 is 19.4 Å². The lowest BCUT2D eigenvalue weighted by atomic mass is 10.1. The molecule has 0 unspecified atom stereocenters. The molecule has 1 amide bonds. The highest BCUT2D eigenvalue weighted by atomic mass is 35.5. The fourth-order valence-corrected chi connectivity index (χ4v) is 5.15. The molecule has 2 heterocycles. The van der Waals surface area contributed by atoms with Crippen LogP contribution < -0.4 is 10.1 Å². The van der Waals surface area contributed by atoms with E-state index in [0.29, 0.717) is 33.8 Å². The summed E-state index contributed by atoms with van der Waals surface area (Å²) in [4.78, 5) is 25.9. The summed E-state index contributed by atoms with van der Waals surface area (Å²) in [5, 5.41) is 12.3. The van der Waals surface area contributed by atoms with E-state index in [-0.39, 0.29) is 29.9 Å². The van der Waals surface area contributed by atoms with Gasteiger partial charge in [-0.1, -0.05) is 23.4 Å². The smallest absolute Gasteiger partial charge is 0.341 e. The molecule has 0 atom stereocenters. The molecular formula is C22H24ClFN4O4S2. The van der Waals surface area contributed by atoms with Crippen molar-refractivity contribution in [2.45, 2.75) is 46.0 Å². The fraction of sp³-hybridized carbons (Fsp3) is 0.364. The van der Waals surface area contributed by atoms with Crippen LogP contribution in [0.2, 0.25) is 5.02 Å². The monoisotopic (exact) mass is 526 g/mol. The molecule has 0 aliphatic carbocycles. The van der Waals surface area contributed by atoms with Gasteiger partial charge in [-0.05, 0) is 51.5 Å². The van der Waals surface area contributed by atoms with Crippen LogP contribution in [-0.4, -0.2) is 39.0 Å². The lowest BCUT2D eigenvalue weighted by Gasteiger charge is -2.10. The van der Waals surface area contributed by atoms with Gasteiger partial charge in [0.1, 0.15) is 23.2 Å². The minimum Gasteiger partial charge on any atom is -0.484 e. The quantitative estimate of drug-likeness (QED) is 0.284. The largest absolute Gasteiger partial charge is 0.484 e. The van der Waals surface area contributed by atoms with Crippen LogP contribution in [0.4, 0.5) is 9.39 Å². The van der Waals surface area contributed by atoms with Crippen molar-refractivity contribution in [1.29, 1.82) is 0 Å². The summed E-state index contributed by atoms with van der Waals surface area (Å²) in [7, 11) is 0. The van der Waals surface area contributed by atoms with Crippen molar-refractivity contribution in [1.82, 2.24) is 14.8 Å². The van der Waals surface area contributed by atoms with Crippen molar-refractivity contribution in [3.8, 4) is 5.75 Å². The first-order valence-corrected chi connectivity index (χ1v) is 12.6. The number of thiophene rings is 1. The third-order valence-corrected chi connectivity index (χ3v) is 7.20. The maximum atomic E-state index is 13.2. The average molecular weight is 527 g/mol. The van der Waals surface area contributed by atoms with Crippen LogP contribution in [0.1, 0.15) is 40.5 Å². The summed E-state index contributed by atoms with van der Waals surface area (Å²) in [5.41, 5.74) is 1.18. The molecule has 0 saturated carbocycles. The molecule has 0 aliphatic heterocycles. The van der Waals surface area contributed by atoms with Gasteiger partial charge >= 0.3 is 5.97 Å². The number of thioether (sulfide) groups is 1. The van der Waals surface area contributed by atoms with E-state index in [1.165, 1.54) is 41.3 Å². The van der Waals surface area contributed by atoms with Gasteiger partial charge in [-0.25, -0.2) is 9.18 Å². The van der Waals surface area contributed by atoms with Crippen LogP contribution >= 0.6 is 34.7 Å². The number of esters is 1. The summed E-state index contributed by atoms with van der Waals surface area (Å²) in [6.45, 7) is 8.26. The average Bonchev–Trinajstić information content (AvgIpc) is 3.31. The SMILES string of the molecule is CCOC(=O)c1c(NC(=O)CSc2nnc(COc3ccc(F)cc3Cl)n2CC)sc(C)c1C. The van der Waals surface area contributed by atoms with E-state index < -0.39 is 11.8 Å². The van der Waals surface area contributed by atoms with Crippen molar-refractivity contribution in [3.05, 3.63) is 50.9 Å². The fourth-order valence-electron chi connectivity index (χ4n) is 3.04. The highest BCUT2D eigenvalue weighted by Crippen LogP contribution is 2.33. The number of aromatic nitrogens is 3. The summed E-state index contributed by atoms with van der Waals surface area (Å²) >= 11 is 8.55. The number of hydrogen-bond acceptors (Lipinski definition) is 8. The Morgan fingerprint density at radius 3 is 2.71 bits per heavy atom. The highest BCUT2D eigenvalue weighted by molar-refractivity contribution is 7.99. The Hall–Kier alpha value is -2.63. The Balaban J connectivity index is 1.64. The molecule has 0 spiro atoms. The van der Waals surface area contributed by atoms with E-state index in [1.807, 2.05) is 25.3 Å². The Bertz CT molecular complexity index is 1200. The van der Waals surface area contributed by atoms with Gasteiger partial charge in [-0.3, -0.25) is 4.79 Å². The molecule has 0 aliphatic rings. The van der Waals surface area contributed by atoms with E-state index in [0.717, 1.165) is 10.4 Å². The highest BCUT2D eigenvalue weighted by Gasteiger charge is 2.22. The molecule has 0 saturated heterocycles. The lowest BCUT2D eigenvalue weighted by Crippen LogP contribution is -2.17. The number of aryl methyl sites for hydroxylation is 1. The van der Waals surface area contributed by atoms with Crippen molar-refractivity contribution in [2.24, 2.45) is 0 Å². The van der Waals surface area contributed by atoms with E-state index in [9.17, 15) is 14.0 Å². The van der Waals surface area contributed by atoms with Gasteiger partial charge in [-0.2, -0.15) is 0 Å². The molecule has 3 rings (SSSR count). The molecule has 34 heavy (non-hydrogen) atoms. The molecule has 1 aromatic carbocycles. The number of carbonyl (C=O) groups is 2. The number of amides is 1. The van der Waals surface area contributed by atoms with Gasteiger partial charge in [0.05, 0.1) is 22.9 Å². The van der Waals surface area contributed by atoms with Crippen molar-refractivity contribution in [2.75, 3.05) is 17.7 Å². The molecule has 12 heteroatoms. The molecule has 0 bridgehead atoms. The topological polar surface area (TPSA) is 95.3 Å². The van der Waals surface area contributed by atoms with Crippen LogP contribution in [0.15, 0.2) is 23.4 Å². The van der Waals surface area contributed by atoms with E-state index in [2.05, 4.69) is 15.5 Å². The number of ether oxygens (including phenoxy) is 2. The second-order valence-electron chi connectivity index (χ2n) is 7.05. The number of hydrogen-bond donors (Lipinski definition) is 1.